The molecular weight excluding hydrogens is 368 g/mol. The number of hydrazine groups is 1. The fourth-order valence-corrected chi connectivity index (χ4v) is 4.28. The van der Waals surface area contributed by atoms with E-state index in [1.54, 1.807) is 0 Å². The van der Waals surface area contributed by atoms with E-state index in [0.29, 0.717) is 5.92 Å². The molecule has 2 atom stereocenters. The molecule has 1 aromatic rings. The van der Waals surface area contributed by atoms with Crippen LogP contribution < -0.4 is 16.5 Å². The van der Waals surface area contributed by atoms with Crippen molar-refractivity contribution in [2.24, 2.45) is 29.3 Å². The number of hydrogen-bond donors (Lipinski definition) is 2. The van der Waals surface area contributed by atoms with Crippen molar-refractivity contribution < 1.29 is 0 Å². The maximum atomic E-state index is 6.80. The van der Waals surface area contributed by atoms with E-state index in [-0.39, 0.29) is 11.8 Å². The van der Waals surface area contributed by atoms with Crippen molar-refractivity contribution in [1.29, 1.82) is 0 Å². The van der Waals surface area contributed by atoms with Crippen molar-refractivity contribution in [2.75, 3.05) is 18.0 Å². The molecule has 160 valence electrons. The van der Waals surface area contributed by atoms with Crippen molar-refractivity contribution >= 4 is 11.4 Å². The van der Waals surface area contributed by atoms with Gasteiger partial charge in [0.2, 0.25) is 0 Å². The molecular formula is C26H36N4. The molecule has 4 N–H and O–H groups in total. The molecule has 0 aromatic heterocycles. The van der Waals surface area contributed by atoms with Crippen LogP contribution in [0.3, 0.4) is 0 Å². The standard InChI is InChI=1S/C26H36N4/c1-5-29-18-21-13-6-7-14-22(21)26(25(27)23-15-8-9-16-24(23)29)30(28)17-11-10-12-20(4)19(2)3/h5-9,13-16,19,21-22H,1,4,10-12,17-18,27-28H2,2-3H3/b26-25-. The van der Waals surface area contributed by atoms with Crippen molar-refractivity contribution in [3.05, 3.63) is 84.8 Å². The minimum absolute atomic E-state index is 0.140. The maximum Gasteiger partial charge on any atom is 0.0624 e. The summed E-state index contributed by atoms with van der Waals surface area (Å²) in [6, 6.07) is 8.24. The Labute approximate surface area is 181 Å². The Balaban J connectivity index is 1.90. The van der Waals surface area contributed by atoms with Crippen LogP contribution in [0.5, 0.6) is 0 Å². The number of rotatable bonds is 8. The number of fused-ring (bicyclic) bond motifs is 2. The Morgan fingerprint density at radius 3 is 2.70 bits per heavy atom. The van der Waals surface area contributed by atoms with E-state index < -0.39 is 0 Å². The summed E-state index contributed by atoms with van der Waals surface area (Å²) in [4.78, 5) is 2.19. The molecule has 1 heterocycles. The number of unbranched alkanes of at least 4 members (excludes halogenated alkanes) is 1. The van der Waals surface area contributed by atoms with E-state index in [4.69, 9.17) is 11.6 Å². The second kappa shape index (κ2) is 9.86. The van der Waals surface area contributed by atoms with Gasteiger partial charge in [-0.05, 0) is 37.4 Å². The van der Waals surface area contributed by atoms with Crippen LogP contribution in [0, 0.1) is 17.8 Å². The highest BCUT2D eigenvalue weighted by atomic mass is 15.4. The van der Waals surface area contributed by atoms with Gasteiger partial charge in [-0.15, -0.1) is 0 Å². The van der Waals surface area contributed by atoms with Gasteiger partial charge in [-0.2, -0.15) is 0 Å². The quantitative estimate of drug-likeness (QED) is 0.271. The molecule has 0 amide bonds. The summed E-state index contributed by atoms with van der Waals surface area (Å²) in [6.07, 6.45) is 13.7. The van der Waals surface area contributed by atoms with Crippen molar-refractivity contribution in [3.63, 3.8) is 0 Å². The van der Waals surface area contributed by atoms with E-state index in [2.05, 4.69) is 68.3 Å². The Morgan fingerprint density at radius 2 is 1.97 bits per heavy atom. The number of anilines is 1. The van der Waals surface area contributed by atoms with Crippen LogP contribution in [0.4, 0.5) is 5.69 Å². The molecule has 0 saturated heterocycles. The molecule has 0 fully saturated rings. The van der Waals surface area contributed by atoms with Crippen LogP contribution in [0.25, 0.3) is 5.70 Å². The van der Waals surface area contributed by atoms with Gasteiger partial charge in [0.05, 0.1) is 17.1 Å². The number of para-hydroxylation sites is 1. The number of nitrogens with zero attached hydrogens (tertiary/aromatic N) is 2. The smallest absolute Gasteiger partial charge is 0.0624 e. The molecule has 0 spiro atoms. The lowest BCUT2D eigenvalue weighted by molar-refractivity contribution is 0.299. The molecule has 0 radical (unpaired) electrons. The second-order valence-corrected chi connectivity index (χ2v) is 8.57. The summed E-state index contributed by atoms with van der Waals surface area (Å²) in [5, 5.41) is 1.88. The molecule has 4 heteroatoms. The summed E-state index contributed by atoms with van der Waals surface area (Å²) in [5.74, 6) is 7.60. The zero-order valence-electron chi connectivity index (χ0n) is 18.4. The fraction of sp³-hybridized carbons (Fsp3) is 0.385. The normalized spacial score (nSPS) is 22.9. The first-order valence-corrected chi connectivity index (χ1v) is 11.0. The van der Waals surface area contributed by atoms with Crippen LogP contribution in [-0.2, 0) is 0 Å². The van der Waals surface area contributed by atoms with Crippen LogP contribution in [0.2, 0.25) is 0 Å². The lowest BCUT2D eigenvalue weighted by Crippen LogP contribution is -2.41. The van der Waals surface area contributed by atoms with Gasteiger partial charge >= 0.3 is 0 Å². The topological polar surface area (TPSA) is 58.5 Å². The molecule has 3 rings (SSSR count). The first-order valence-electron chi connectivity index (χ1n) is 11.0. The van der Waals surface area contributed by atoms with Crippen molar-refractivity contribution in [2.45, 2.75) is 33.1 Å². The van der Waals surface area contributed by atoms with Gasteiger partial charge in [-0.1, -0.05) is 75.1 Å². The Morgan fingerprint density at radius 1 is 1.23 bits per heavy atom. The zero-order chi connectivity index (χ0) is 21.7. The first kappa shape index (κ1) is 22.0. The third kappa shape index (κ3) is 4.71. The summed E-state index contributed by atoms with van der Waals surface area (Å²) in [5.41, 5.74) is 12.0. The van der Waals surface area contributed by atoms with Gasteiger partial charge in [0.1, 0.15) is 0 Å². The average molecular weight is 405 g/mol. The van der Waals surface area contributed by atoms with Crippen molar-refractivity contribution in [1.82, 2.24) is 5.01 Å². The summed E-state index contributed by atoms with van der Waals surface area (Å²) < 4.78 is 0. The zero-order valence-corrected chi connectivity index (χ0v) is 18.4. The monoisotopic (exact) mass is 404 g/mol. The van der Waals surface area contributed by atoms with Gasteiger partial charge < -0.3 is 15.6 Å². The Bertz CT molecular complexity index is 862. The molecule has 2 unspecified atom stereocenters. The van der Waals surface area contributed by atoms with Gasteiger partial charge in [0, 0.05) is 30.5 Å². The SMILES string of the molecule is C=CN1CC2C=CC=CC2/C(N(N)CCCCC(=C)C(C)C)=C(/N)c2ccccc21. The Hall–Kier alpha value is -2.72. The number of nitrogens with two attached hydrogens (primary N) is 2. The number of hydrogen-bond acceptors (Lipinski definition) is 4. The molecule has 2 aliphatic rings. The van der Waals surface area contributed by atoms with Gasteiger partial charge in [-0.25, -0.2) is 5.84 Å². The van der Waals surface area contributed by atoms with Crippen LogP contribution in [0.15, 0.2) is 79.2 Å². The largest absolute Gasteiger partial charge is 0.397 e. The minimum Gasteiger partial charge on any atom is -0.397 e. The van der Waals surface area contributed by atoms with Crippen LogP contribution >= 0.6 is 0 Å². The molecule has 1 aliphatic heterocycles. The highest BCUT2D eigenvalue weighted by Gasteiger charge is 2.32. The van der Waals surface area contributed by atoms with Gasteiger partial charge in [0.15, 0.2) is 0 Å². The van der Waals surface area contributed by atoms with Crippen LogP contribution in [-0.4, -0.2) is 18.1 Å². The van der Waals surface area contributed by atoms with E-state index in [0.717, 1.165) is 55.0 Å². The average Bonchev–Trinajstić information content (AvgIpc) is 2.74. The molecule has 1 aliphatic carbocycles. The summed E-state index contributed by atoms with van der Waals surface area (Å²) in [7, 11) is 0. The minimum atomic E-state index is 0.140. The van der Waals surface area contributed by atoms with Gasteiger partial charge in [0.25, 0.3) is 0 Å². The lowest BCUT2D eigenvalue weighted by Gasteiger charge is -2.39. The van der Waals surface area contributed by atoms with Crippen LogP contribution in [0.1, 0.15) is 38.7 Å². The molecule has 30 heavy (non-hydrogen) atoms. The van der Waals surface area contributed by atoms with Crippen molar-refractivity contribution in [3.8, 4) is 0 Å². The molecule has 0 bridgehead atoms. The van der Waals surface area contributed by atoms with E-state index >= 15 is 0 Å². The van der Waals surface area contributed by atoms with E-state index in [1.807, 2.05) is 23.3 Å². The molecule has 1 aromatic carbocycles. The third-order valence-corrected chi connectivity index (χ3v) is 6.25. The second-order valence-electron chi connectivity index (χ2n) is 8.57. The van der Waals surface area contributed by atoms with E-state index in [9.17, 15) is 0 Å². The molecule has 4 nitrogen and oxygen atoms in total. The van der Waals surface area contributed by atoms with E-state index in [1.165, 1.54) is 5.57 Å². The number of allylic oxidation sites excluding steroid dienone is 4. The predicted octanol–water partition coefficient (Wildman–Crippen LogP) is 5.19. The summed E-state index contributed by atoms with van der Waals surface area (Å²) >= 11 is 0. The maximum absolute atomic E-state index is 6.80. The molecule has 0 saturated carbocycles. The lowest BCUT2D eigenvalue weighted by atomic mass is 9.82. The predicted molar refractivity (Wildman–Crippen MR) is 129 cm³/mol. The Kier molecular flexibility index (Phi) is 7.22. The fourth-order valence-electron chi connectivity index (χ4n) is 4.28. The van der Waals surface area contributed by atoms with Gasteiger partial charge in [-0.3, -0.25) is 0 Å². The highest BCUT2D eigenvalue weighted by molar-refractivity contribution is 5.78. The summed E-state index contributed by atoms with van der Waals surface area (Å²) in [6.45, 7) is 14.2. The third-order valence-electron chi connectivity index (χ3n) is 6.25. The number of benzene rings is 1. The highest BCUT2D eigenvalue weighted by Crippen LogP contribution is 2.38. The first-order chi connectivity index (χ1) is 14.4.